The monoisotopic (exact) mass is 176 g/mol. The Morgan fingerprint density at radius 1 is 1.46 bits per heavy atom. The van der Waals surface area contributed by atoms with Crippen LogP contribution in [-0.2, 0) is 0 Å². The van der Waals surface area contributed by atoms with Crippen molar-refractivity contribution in [3.8, 4) is 5.82 Å². The smallest absolute Gasteiger partial charge is 0.225 e. The van der Waals surface area contributed by atoms with Crippen molar-refractivity contribution >= 4 is 5.95 Å². The van der Waals surface area contributed by atoms with Gasteiger partial charge in [0.1, 0.15) is 12.2 Å². The van der Waals surface area contributed by atoms with Crippen LogP contribution in [0.25, 0.3) is 5.82 Å². The van der Waals surface area contributed by atoms with Gasteiger partial charge in [-0.25, -0.2) is 9.97 Å². The summed E-state index contributed by atoms with van der Waals surface area (Å²) < 4.78 is 1.47. The first-order valence-electron chi connectivity index (χ1n) is 3.73. The van der Waals surface area contributed by atoms with Crippen molar-refractivity contribution in [2.75, 3.05) is 5.73 Å². The summed E-state index contributed by atoms with van der Waals surface area (Å²) in [5, 5.41) is 4.07. The van der Waals surface area contributed by atoms with Gasteiger partial charge >= 0.3 is 0 Å². The zero-order valence-electron chi connectivity index (χ0n) is 7.05. The third-order valence-electron chi connectivity index (χ3n) is 1.52. The van der Waals surface area contributed by atoms with Crippen LogP contribution in [-0.4, -0.2) is 24.7 Å². The molecular formula is C7H8N6. The fraction of sp³-hybridized carbons (Fsp3) is 0.143. The Labute approximate surface area is 74.5 Å². The average molecular weight is 176 g/mol. The molecule has 0 radical (unpaired) electrons. The van der Waals surface area contributed by atoms with E-state index in [0.29, 0.717) is 17.6 Å². The third kappa shape index (κ3) is 1.33. The van der Waals surface area contributed by atoms with Gasteiger partial charge in [-0.3, -0.25) is 0 Å². The first-order valence-corrected chi connectivity index (χ1v) is 3.73. The third-order valence-corrected chi connectivity index (χ3v) is 1.52. The molecule has 13 heavy (non-hydrogen) atoms. The summed E-state index contributed by atoms with van der Waals surface area (Å²) in [6.45, 7) is 1.77. The van der Waals surface area contributed by atoms with Crippen LogP contribution >= 0.6 is 0 Å². The van der Waals surface area contributed by atoms with E-state index in [1.807, 2.05) is 0 Å². The van der Waals surface area contributed by atoms with Crippen LogP contribution < -0.4 is 5.73 Å². The number of nitrogens with two attached hydrogens (primary N) is 1. The largest absolute Gasteiger partial charge is 0.368 e. The van der Waals surface area contributed by atoms with E-state index in [2.05, 4.69) is 20.1 Å². The molecule has 2 heterocycles. The zero-order chi connectivity index (χ0) is 9.26. The topological polar surface area (TPSA) is 82.5 Å². The molecule has 0 fully saturated rings. The molecule has 2 rings (SSSR count). The fourth-order valence-corrected chi connectivity index (χ4v) is 1.01. The molecule has 2 aromatic heterocycles. The number of nitrogen functional groups attached to an aromatic ring is 1. The minimum Gasteiger partial charge on any atom is -0.368 e. The Morgan fingerprint density at radius 3 is 2.85 bits per heavy atom. The van der Waals surface area contributed by atoms with Gasteiger partial charge in [-0.2, -0.15) is 9.67 Å². The second-order valence-corrected chi connectivity index (χ2v) is 2.50. The summed E-state index contributed by atoms with van der Waals surface area (Å²) in [5.74, 6) is 1.57. The van der Waals surface area contributed by atoms with Crippen LogP contribution in [0, 0.1) is 6.92 Å². The van der Waals surface area contributed by atoms with Gasteiger partial charge in [0, 0.05) is 12.3 Å². The van der Waals surface area contributed by atoms with Crippen molar-refractivity contribution in [2.45, 2.75) is 6.92 Å². The standard InChI is InChI=1S/C7H8N6/c1-5-11-7(8)13(12-5)6-2-3-9-4-10-6/h2-4H,1H3,(H2,8,11,12). The molecule has 0 spiro atoms. The zero-order valence-corrected chi connectivity index (χ0v) is 7.05. The number of aryl methyl sites for hydroxylation is 1. The quantitative estimate of drug-likeness (QED) is 0.658. The van der Waals surface area contributed by atoms with E-state index in [4.69, 9.17) is 5.73 Å². The molecular weight excluding hydrogens is 168 g/mol. The van der Waals surface area contributed by atoms with E-state index in [-0.39, 0.29) is 0 Å². The minimum absolute atomic E-state index is 0.330. The molecule has 0 amide bonds. The summed E-state index contributed by atoms with van der Waals surface area (Å²) in [7, 11) is 0. The van der Waals surface area contributed by atoms with Crippen molar-refractivity contribution in [3.05, 3.63) is 24.4 Å². The van der Waals surface area contributed by atoms with Crippen LogP contribution in [0.5, 0.6) is 0 Å². The summed E-state index contributed by atoms with van der Waals surface area (Å²) in [4.78, 5) is 11.7. The molecule has 0 atom stereocenters. The molecule has 6 nitrogen and oxygen atoms in total. The number of aromatic nitrogens is 5. The van der Waals surface area contributed by atoms with E-state index >= 15 is 0 Å². The highest BCUT2D eigenvalue weighted by Gasteiger charge is 2.05. The maximum Gasteiger partial charge on any atom is 0.225 e. The van der Waals surface area contributed by atoms with Crippen LogP contribution in [0.1, 0.15) is 5.82 Å². The van der Waals surface area contributed by atoms with Crippen molar-refractivity contribution in [2.24, 2.45) is 0 Å². The summed E-state index contributed by atoms with van der Waals surface area (Å²) in [5.41, 5.74) is 5.60. The minimum atomic E-state index is 0.330. The highest BCUT2D eigenvalue weighted by atomic mass is 15.4. The summed E-state index contributed by atoms with van der Waals surface area (Å²) in [6, 6.07) is 1.71. The Bertz CT molecular complexity index is 406. The van der Waals surface area contributed by atoms with Gasteiger partial charge in [0.2, 0.25) is 5.95 Å². The molecule has 0 aromatic carbocycles. The molecule has 2 N–H and O–H groups in total. The SMILES string of the molecule is Cc1nc(N)n(-c2ccncn2)n1. The summed E-state index contributed by atoms with van der Waals surface area (Å²) >= 11 is 0. The van der Waals surface area contributed by atoms with Crippen LogP contribution in [0.3, 0.4) is 0 Å². The molecule has 0 aliphatic carbocycles. The number of rotatable bonds is 1. The maximum absolute atomic E-state index is 5.60. The number of nitrogens with zero attached hydrogens (tertiary/aromatic N) is 5. The molecule has 0 aliphatic rings. The second-order valence-electron chi connectivity index (χ2n) is 2.50. The number of hydrogen-bond acceptors (Lipinski definition) is 5. The predicted molar refractivity (Wildman–Crippen MR) is 46.1 cm³/mol. The molecule has 0 aliphatic heterocycles. The first-order chi connectivity index (χ1) is 6.27. The van der Waals surface area contributed by atoms with Gasteiger partial charge < -0.3 is 5.73 Å². The Hall–Kier alpha value is -1.98. The van der Waals surface area contributed by atoms with Crippen LogP contribution in [0.4, 0.5) is 5.95 Å². The van der Waals surface area contributed by atoms with Crippen molar-refractivity contribution in [3.63, 3.8) is 0 Å². The fourth-order valence-electron chi connectivity index (χ4n) is 1.01. The van der Waals surface area contributed by atoms with Crippen LogP contribution in [0.15, 0.2) is 18.6 Å². The van der Waals surface area contributed by atoms with E-state index in [9.17, 15) is 0 Å². The molecule has 6 heteroatoms. The lowest BCUT2D eigenvalue weighted by Gasteiger charge is -1.98. The van der Waals surface area contributed by atoms with Gasteiger partial charge in [-0.1, -0.05) is 0 Å². The van der Waals surface area contributed by atoms with E-state index in [0.717, 1.165) is 0 Å². The molecule has 0 saturated heterocycles. The molecule has 0 saturated carbocycles. The maximum atomic E-state index is 5.60. The molecule has 2 aromatic rings. The Balaban J connectivity index is 2.53. The van der Waals surface area contributed by atoms with Gasteiger partial charge in [-0.15, -0.1) is 5.10 Å². The van der Waals surface area contributed by atoms with E-state index < -0.39 is 0 Å². The van der Waals surface area contributed by atoms with Gasteiger partial charge in [-0.05, 0) is 6.92 Å². The normalized spacial score (nSPS) is 10.2. The van der Waals surface area contributed by atoms with Crippen molar-refractivity contribution < 1.29 is 0 Å². The van der Waals surface area contributed by atoms with Crippen molar-refractivity contribution in [1.82, 2.24) is 24.7 Å². The Morgan fingerprint density at radius 2 is 2.31 bits per heavy atom. The molecule has 0 unspecified atom stereocenters. The highest BCUT2D eigenvalue weighted by Crippen LogP contribution is 2.06. The van der Waals surface area contributed by atoms with Gasteiger partial charge in [0.15, 0.2) is 5.82 Å². The van der Waals surface area contributed by atoms with Gasteiger partial charge in [0.05, 0.1) is 0 Å². The van der Waals surface area contributed by atoms with Gasteiger partial charge in [0.25, 0.3) is 0 Å². The highest BCUT2D eigenvalue weighted by molar-refractivity contribution is 5.29. The first kappa shape index (κ1) is 7.66. The predicted octanol–water partition coefficient (Wildman–Crippen LogP) is -0.0521. The molecule has 0 bridgehead atoms. The van der Waals surface area contributed by atoms with Crippen LogP contribution in [0.2, 0.25) is 0 Å². The number of anilines is 1. The average Bonchev–Trinajstić information content (AvgIpc) is 2.47. The lowest BCUT2D eigenvalue weighted by Crippen LogP contribution is -2.04. The Kier molecular flexibility index (Phi) is 1.66. The van der Waals surface area contributed by atoms with E-state index in [1.54, 1.807) is 19.2 Å². The number of hydrogen-bond donors (Lipinski definition) is 1. The lowest BCUT2D eigenvalue weighted by molar-refractivity contribution is 0.835. The second kappa shape index (κ2) is 2.81. The van der Waals surface area contributed by atoms with Crippen molar-refractivity contribution in [1.29, 1.82) is 0 Å². The summed E-state index contributed by atoms with van der Waals surface area (Å²) in [6.07, 6.45) is 3.06. The van der Waals surface area contributed by atoms with E-state index in [1.165, 1.54) is 11.0 Å². The molecule has 66 valence electrons. The lowest BCUT2D eigenvalue weighted by atomic mass is 10.6.